The number of nitrogens with two attached hydrogens (primary N) is 1. The van der Waals surface area contributed by atoms with Crippen molar-refractivity contribution in [3.05, 3.63) is 52.2 Å². The molecule has 0 spiro atoms. The predicted molar refractivity (Wildman–Crippen MR) is 82.1 cm³/mol. The average Bonchev–Trinajstić information content (AvgIpc) is 2.91. The average molecular weight is 310 g/mol. The zero-order valence-corrected chi connectivity index (χ0v) is 12.9. The van der Waals surface area contributed by atoms with Crippen molar-refractivity contribution in [2.45, 2.75) is 30.8 Å². The molecule has 20 heavy (non-hydrogen) atoms. The van der Waals surface area contributed by atoms with Gasteiger partial charge in [0.2, 0.25) is 10.0 Å². The van der Waals surface area contributed by atoms with E-state index in [-0.39, 0.29) is 10.9 Å². The first-order valence-corrected chi connectivity index (χ1v) is 8.76. The fourth-order valence-corrected chi connectivity index (χ4v) is 3.97. The molecule has 6 heteroatoms. The standard InChI is InChI=1S/C14H18N2O2S2/c1-11(7-13-5-6-19-10-13)16-20(17,18)14-4-2-3-12(8-14)9-15/h2-6,8,10-11,16H,7,9,15H2,1H3. The minimum atomic E-state index is -3.50. The summed E-state index contributed by atoms with van der Waals surface area (Å²) >= 11 is 1.61. The minimum absolute atomic E-state index is 0.156. The Bertz CT molecular complexity index is 652. The SMILES string of the molecule is CC(Cc1ccsc1)NS(=O)(=O)c1cccc(CN)c1. The normalized spacial score (nSPS) is 13.3. The second-order valence-corrected chi connectivity index (χ2v) is 7.20. The van der Waals surface area contributed by atoms with E-state index >= 15 is 0 Å². The zero-order chi connectivity index (χ0) is 14.6. The van der Waals surface area contributed by atoms with E-state index in [2.05, 4.69) is 4.72 Å². The Hall–Kier alpha value is -1.21. The quantitative estimate of drug-likeness (QED) is 0.858. The van der Waals surface area contributed by atoms with Crippen LogP contribution in [0, 0.1) is 0 Å². The molecule has 1 atom stereocenters. The van der Waals surface area contributed by atoms with Crippen LogP contribution in [0.15, 0.2) is 46.0 Å². The molecule has 2 rings (SSSR count). The molecule has 0 bridgehead atoms. The molecule has 108 valence electrons. The first kappa shape index (κ1) is 15.2. The van der Waals surface area contributed by atoms with E-state index in [4.69, 9.17) is 5.73 Å². The van der Waals surface area contributed by atoms with Crippen LogP contribution in [0.2, 0.25) is 0 Å². The highest BCUT2D eigenvalue weighted by molar-refractivity contribution is 7.89. The topological polar surface area (TPSA) is 72.2 Å². The molecular formula is C14H18N2O2S2. The van der Waals surface area contributed by atoms with E-state index in [9.17, 15) is 8.42 Å². The Kier molecular flexibility index (Phi) is 4.93. The van der Waals surface area contributed by atoms with Crippen molar-refractivity contribution in [1.29, 1.82) is 0 Å². The van der Waals surface area contributed by atoms with Gasteiger partial charge in [0.25, 0.3) is 0 Å². The molecule has 0 saturated carbocycles. The molecule has 0 aliphatic rings. The van der Waals surface area contributed by atoms with Crippen LogP contribution in [0.5, 0.6) is 0 Å². The molecule has 1 aromatic carbocycles. The molecule has 3 N–H and O–H groups in total. The highest BCUT2D eigenvalue weighted by atomic mass is 32.2. The zero-order valence-electron chi connectivity index (χ0n) is 11.2. The van der Waals surface area contributed by atoms with Crippen molar-refractivity contribution in [3.8, 4) is 0 Å². The Morgan fingerprint density at radius 1 is 1.30 bits per heavy atom. The van der Waals surface area contributed by atoms with Gasteiger partial charge in [0.05, 0.1) is 4.90 Å². The number of thiophene rings is 1. The van der Waals surface area contributed by atoms with Crippen molar-refractivity contribution in [3.63, 3.8) is 0 Å². The summed E-state index contributed by atoms with van der Waals surface area (Å²) in [6.45, 7) is 2.19. The van der Waals surface area contributed by atoms with E-state index in [0.717, 1.165) is 11.1 Å². The second-order valence-electron chi connectivity index (χ2n) is 4.71. The molecule has 2 aromatic rings. The Balaban J connectivity index is 2.10. The number of hydrogen-bond acceptors (Lipinski definition) is 4. The van der Waals surface area contributed by atoms with E-state index in [1.807, 2.05) is 29.8 Å². The molecule has 4 nitrogen and oxygen atoms in total. The van der Waals surface area contributed by atoms with Crippen LogP contribution < -0.4 is 10.5 Å². The smallest absolute Gasteiger partial charge is 0.240 e. The molecule has 0 radical (unpaired) electrons. The molecule has 1 unspecified atom stereocenters. The van der Waals surface area contributed by atoms with Crippen LogP contribution in [-0.4, -0.2) is 14.5 Å². The maximum atomic E-state index is 12.3. The third-order valence-electron chi connectivity index (χ3n) is 2.92. The molecular weight excluding hydrogens is 292 g/mol. The number of nitrogens with one attached hydrogen (secondary N) is 1. The lowest BCUT2D eigenvalue weighted by atomic mass is 10.1. The van der Waals surface area contributed by atoms with Crippen molar-refractivity contribution in [2.75, 3.05) is 0 Å². The summed E-state index contributed by atoms with van der Waals surface area (Å²) in [5.74, 6) is 0. The number of sulfonamides is 1. The van der Waals surface area contributed by atoms with Gasteiger partial charge in [0, 0.05) is 12.6 Å². The monoisotopic (exact) mass is 310 g/mol. The lowest BCUT2D eigenvalue weighted by Gasteiger charge is -2.14. The van der Waals surface area contributed by atoms with Gasteiger partial charge in [-0.2, -0.15) is 11.3 Å². The third-order valence-corrected chi connectivity index (χ3v) is 5.24. The van der Waals surface area contributed by atoms with Gasteiger partial charge >= 0.3 is 0 Å². The van der Waals surface area contributed by atoms with Gasteiger partial charge in [-0.05, 0) is 53.4 Å². The van der Waals surface area contributed by atoms with E-state index in [0.29, 0.717) is 13.0 Å². The van der Waals surface area contributed by atoms with Crippen molar-refractivity contribution in [1.82, 2.24) is 4.72 Å². The van der Waals surface area contributed by atoms with Gasteiger partial charge < -0.3 is 5.73 Å². The van der Waals surface area contributed by atoms with Gasteiger partial charge in [0.15, 0.2) is 0 Å². The fraction of sp³-hybridized carbons (Fsp3) is 0.286. The first-order chi connectivity index (χ1) is 9.51. The number of hydrogen-bond donors (Lipinski definition) is 2. The molecule has 0 saturated heterocycles. The lowest BCUT2D eigenvalue weighted by molar-refractivity contribution is 0.560. The van der Waals surface area contributed by atoms with Gasteiger partial charge in [0.1, 0.15) is 0 Å². The van der Waals surface area contributed by atoms with E-state index < -0.39 is 10.0 Å². The first-order valence-electron chi connectivity index (χ1n) is 6.33. The van der Waals surface area contributed by atoms with Gasteiger partial charge in [-0.3, -0.25) is 0 Å². The summed E-state index contributed by atoms with van der Waals surface area (Å²) in [5.41, 5.74) is 7.48. The molecule has 1 heterocycles. The maximum absolute atomic E-state index is 12.3. The second kappa shape index (κ2) is 6.49. The van der Waals surface area contributed by atoms with Crippen LogP contribution in [-0.2, 0) is 23.0 Å². The highest BCUT2D eigenvalue weighted by Gasteiger charge is 2.17. The lowest BCUT2D eigenvalue weighted by Crippen LogP contribution is -2.34. The van der Waals surface area contributed by atoms with Crippen LogP contribution in [0.25, 0.3) is 0 Å². The van der Waals surface area contributed by atoms with Crippen molar-refractivity contribution >= 4 is 21.4 Å². The van der Waals surface area contributed by atoms with Crippen molar-refractivity contribution in [2.24, 2.45) is 5.73 Å². The summed E-state index contributed by atoms with van der Waals surface area (Å²) < 4.78 is 27.3. The van der Waals surface area contributed by atoms with Crippen LogP contribution in [0.4, 0.5) is 0 Å². The van der Waals surface area contributed by atoms with Crippen LogP contribution in [0.1, 0.15) is 18.1 Å². The molecule has 0 aliphatic carbocycles. The summed E-state index contributed by atoms with van der Waals surface area (Å²) in [4.78, 5) is 0.262. The number of benzene rings is 1. The van der Waals surface area contributed by atoms with Crippen LogP contribution in [0.3, 0.4) is 0 Å². The van der Waals surface area contributed by atoms with Crippen molar-refractivity contribution < 1.29 is 8.42 Å². The summed E-state index contributed by atoms with van der Waals surface area (Å²) in [7, 11) is -3.50. The molecule has 0 amide bonds. The van der Waals surface area contributed by atoms with Gasteiger partial charge in [-0.15, -0.1) is 0 Å². The highest BCUT2D eigenvalue weighted by Crippen LogP contribution is 2.14. The molecule has 0 fully saturated rings. The maximum Gasteiger partial charge on any atom is 0.240 e. The molecule has 0 aliphatic heterocycles. The number of rotatable bonds is 6. The van der Waals surface area contributed by atoms with E-state index in [1.54, 1.807) is 29.5 Å². The van der Waals surface area contributed by atoms with Gasteiger partial charge in [-0.25, -0.2) is 13.1 Å². The predicted octanol–water partition coefficient (Wildman–Crippen LogP) is 2.12. The minimum Gasteiger partial charge on any atom is -0.326 e. The summed E-state index contributed by atoms with van der Waals surface area (Å²) in [6, 6.07) is 8.56. The Morgan fingerprint density at radius 2 is 2.10 bits per heavy atom. The van der Waals surface area contributed by atoms with Gasteiger partial charge in [-0.1, -0.05) is 12.1 Å². The van der Waals surface area contributed by atoms with E-state index in [1.165, 1.54) is 0 Å². The molecule has 1 aromatic heterocycles. The third kappa shape index (κ3) is 3.89. The Labute approximate surface area is 123 Å². The van der Waals surface area contributed by atoms with Crippen LogP contribution >= 0.6 is 11.3 Å². The summed E-state index contributed by atoms with van der Waals surface area (Å²) in [6.07, 6.45) is 0.680. The largest absolute Gasteiger partial charge is 0.326 e. The fourth-order valence-electron chi connectivity index (χ4n) is 1.98. The summed E-state index contributed by atoms with van der Waals surface area (Å²) in [5, 5.41) is 4.01. The Morgan fingerprint density at radius 3 is 2.75 bits per heavy atom.